The molecule has 2 atom stereocenters. The van der Waals surface area contributed by atoms with E-state index in [4.69, 9.17) is 4.52 Å². The molecule has 0 aromatic carbocycles. The Morgan fingerprint density at radius 2 is 1.96 bits per heavy atom. The van der Waals surface area contributed by atoms with Crippen molar-refractivity contribution in [3.63, 3.8) is 0 Å². The van der Waals surface area contributed by atoms with Crippen molar-refractivity contribution in [3.05, 3.63) is 17.5 Å². The Kier molecular flexibility index (Phi) is 5.80. The van der Waals surface area contributed by atoms with Crippen molar-refractivity contribution in [1.29, 1.82) is 0 Å². The van der Waals surface area contributed by atoms with Crippen LogP contribution in [-0.4, -0.2) is 36.2 Å². The second-order valence-electron chi connectivity index (χ2n) is 7.34. The number of hydrogen-bond acceptors (Lipinski definition) is 3. The van der Waals surface area contributed by atoms with E-state index < -0.39 is 0 Å². The van der Waals surface area contributed by atoms with E-state index in [9.17, 15) is 0 Å². The summed E-state index contributed by atoms with van der Waals surface area (Å²) in [6.07, 6.45) is 7.79. The SMILES string of the molecule is CCC(CC)c1cc(CNC(=NC)N2CC3CCCCC3C2)on1. The number of hydrogen-bond donors (Lipinski definition) is 1. The van der Waals surface area contributed by atoms with Gasteiger partial charge in [0.05, 0.1) is 12.2 Å². The van der Waals surface area contributed by atoms with Crippen molar-refractivity contribution in [2.24, 2.45) is 16.8 Å². The lowest BCUT2D eigenvalue weighted by Gasteiger charge is -2.22. The summed E-state index contributed by atoms with van der Waals surface area (Å²) in [5.74, 6) is 4.14. The molecule has 2 fully saturated rings. The van der Waals surface area contributed by atoms with Crippen LogP contribution in [0.4, 0.5) is 0 Å². The highest BCUT2D eigenvalue weighted by Gasteiger charge is 2.35. The third kappa shape index (κ3) is 3.76. The molecule has 5 heteroatoms. The average molecular weight is 332 g/mol. The molecule has 1 aliphatic carbocycles. The molecule has 1 aliphatic heterocycles. The van der Waals surface area contributed by atoms with E-state index in [-0.39, 0.29) is 0 Å². The molecular formula is C19H32N4O. The molecule has 3 rings (SSSR count). The third-order valence-electron chi connectivity index (χ3n) is 5.89. The summed E-state index contributed by atoms with van der Waals surface area (Å²) in [6, 6.07) is 2.10. The predicted molar refractivity (Wildman–Crippen MR) is 97.0 cm³/mol. The quantitative estimate of drug-likeness (QED) is 0.658. The van der Waals surface area contributed by atoms with Gasteiger partial charge < -0.3 is 14.7 Å². The number of rotatable bonds is 5. The molecule has 2 heterocycles. The van der Waals surface area contributed by atoms with Crippen molar-refractivity contribution < 1.29 is 4.52 Å². The molecule has 2 unspecified atom stereocenters. The van der Waals surface area contributed by atoms with Crippen LogP contribution in [0, 0.1) is 11.8 Å². The smallest absolute Gasteiger partial charge is 0.194 e. The largest absolute Gasteiger partial charge is 0.359 e. The summed E-state index contributed by atoms with van der Waals surface area (Å²) >= 11 is 0. The lowest BCUT2D eigenvalue weighted by atomic mass is 9.82. The van der Waals surface area contributed by atoms with E-state index in [0.29, 0.717) is 12.5 Å². The molecule has 1 saturated carbocycles. The molecule has 0 spiro atoms. The maximum Gasteiger partial charge on any atom is 0.194 e. The molecule has 2 aliphatic rings. The normalized spacial score (nSPS) is 24.5. The van der Waals surface area contributed by atoms with E-state index in [1.165, 1.54) is 25.7 Å². The molecule has 24 heavy (non-hydrogen) atoms. The van der Waals surface area contributed by atoms with Gasteiger partial charge in [-0.05, 0) is 37.5 Å². The fourth-order valence-corrected chi connectivity index (χ4v) is 4.39. The molecule has 0 amide bonds. The van der Waals surface area contributed by atoms with Gasteiger partial charge in [0, 0.05) is 32.1 Å². The van der Waals surface area contributed by atoms with Crippen LogP contribution in [0.3, 0.4) is 0 Å². The number of fused-ring (bicyclic) bond motifs is 1. The number of nitrogens with one attached hydrogen (secondary N) is 1. The first kappa shape index (κ1) is 17.3. The van der Waals surface area contributed by atoms with Crippen LogP contribution in [0.15, 0.2) is 15.6 Å². The van der Waals surface area contributed by atoms with Crippen LogP contribution < -0.4 is 5.32 Å². The second kappa shape index (κ2) is 8.04. The van der Waals surface area contributed by atoms with Gasteiger partial charge in [0.2, 0.25) is 0 Å². The van der Waals surface area contributed by atoms with Gasteiger partial charge in [-0.3, -0.25) is 4.99 Å². The summed E-state index contributed by atoms with van der Waals surface area (Å²) in [7, 11) is 1.88. The lowest BCUT2D eigenvalue weighted by Crippen LogP contribution is -2.39. The lowest BCUT2D eigenvalue weighted by molar-refractivity contribution is 0.299. The summed E-state index contributed by atoms with van der Waals surface area (Å²) in [6.45, 7) is 7.37. The van der Waals surface area contributed by atoms with E-state index in [0.717, 1.165) is 55.2 Å². The standard InChI is InChI=1S/C19H32N4O/c1-4-14(5-2)18-10-17(24-22-18)11-21-19(20-3)23-12-15-8-6-7-9-16(15)13-23/h10,14-16H,4-9,11-13H2,1-3H3,(H,20,21). The minimum Gasteiger partial charge on any atom is -0.359 e. The first-order valence-corrected chi connectivity index (χ1v) is 9.66. The van der Waals surface area contributed by atoms with E-state index in [2.05, 4.69) is 40.3 Å². The van der Waals surface area contributed by atoms with Crippen LogP contribution in [-0.2, 0) is 6.54 Å². The van der Waals surface area contributed by atoms with Gasteiger partial charge >= 0.3 is 0 Å². The molecule has 1 N–H and O–H groups in total. The molecular weight excluding hydrogens is 300 g/mol. The number of aliphatic imine (C=N–C) groups is 1. The van der Waals surface area contributed by atoms with Gasteiger partial charge in [-0.2, -0.15) is 0 Å². The molecule has 0 bridgehead atoms. The van der Waals surface area contributed by atoms with Gasteiger partial charge in [0.1, 0.15) is 0 Å². The third-order valence-corrected chi connectivity index (χ3v) is 5.89. The summed E-state index contributed by atoms with van der Waals surface area (Å²) < 4.78 is 5.52. The van der Waals surface area contributed by atoms with Crippen LogP contribution in [0.5, 0.6) is 0 Å². The Labute approximate surface area is 145 Å². The van der Waals surface area contributed by atoms with E-state index in [1.54, 1.807) is 0 Å². The zero-order chi connectivity index (χ0) is 16.9. The monoisotopic (exact) mass is 332 g/mol. The van der Waals surface area contributed by atoms with Crippen LogP contribution in [0.25, 0.3) is 0 Å². The van der Waals surface area contributed by atoms with Gasteiger partial charge in [-0.25, -0.2) is 0 Å². The molecule has 0 radical (unpaired) electrons. The number of nitrogens with zero attached hydrogens (tertiary/aromatic N) is 3. The van der Waals surface area contributed by atoms with Gasteiger partial charge in [-0.1, -0.05) is 31.8 Å². The van der Waals surface area contributed by atoms with Crippen molar-refractivity contribution in [3.8, 4) is 0 Å². The van der Waals surface area contributed by atoms with E-state index in [1.807, 2.05) is 7.05 Å². The topological polar surface area (TPSA) is 53.7 Å². The van der Waals surface area contributed by atoms with Gasteiger partial charge in [0.15, 0.2) is 11.7 Å². The van der Waals surface area contributed by atoms with Crippen molar-refractivity contribution in [1.82, 2.24) is 15.4 Å². The number of aromatic nitrogens is 1. The number of likely N-dealkylation sites (tertiary alicyclic amines) is 1. The highest BCUT2D eigenvalue weighted by molar-refractivity contribution is 5.80. The highest BCUT2D eigenvalue weighted by Crippen LogP contribution is 2.36. The summed E-state index contributed by atoms with van der Waals surface area (Å²) in [5.41, 5.74) is 1.08. The Bertz CT molecular complexity index is 535. The van der Waals surface area contributed by atoms with Gasteiger partial charge in [0.25, 0.3) is 0 Å². The van der Waals surface area contributed by atoms with Crippen molar-refractivity contribution in [2.45, 2.75) is 64.8 Å². The molecule has 1 aromatic rings. The summed E-state index contributed by atoms with van der Waals surface area (Å²) in [5, 5.41) is 7.72. The first-order chi connectivity index (χ1) is 11.7. The van der Waals surface area contributed by atoms with Gasteiger partial charge in [-0.15, -0.1) is 0 Å². The van der Waals surface area contributed by atoms with Crippen LogP contribution in [0.2, 0.25) is 0 Å². The predicted octanol–water partition coefficient (Wildman–Crippen LogP) is 3.78. The zero-order valence-corrected chi connectivity index (χ0v) is 15.4. The Hall–Kier alpha value is -1.52. The van der Waals surface area contributed by atoms with Crippen molar-refractivity contribution in [2.75, 3.05) is 20.1 Å². The molecule has 1 aromatic heterocycles. The van der Waals surface area contributed by atoms with E-state index >= 15 is 0 Å². The minimum absolute atomic E-state index is 0.503. The zero-order valence-electron chi connectivity index (χ0n) is 15.4. The van der Waals surface area contributed by atoms with Crippen LogP contribution >= 0.6 is 0 Å². The maximum absolute atomic E-state index is 5.52. The molecule has 134 valence electrons. The van der Waals surface area contributed by atoms with Crippen LogP contribution in [0.1, 0.15) is 69.7 Å². The average Bonchev–Trinajstić information content (AvgIpc) is 3.23. The second-order valence-corrected chi connectivity index (χ2v) is 7.34. The molecule has 1 saturated heterocycles. The Morgan fingerprint density at radius 3 is 2.54 bits per heavy atom. The first-order valence-electron chi connectivity index (χ1n) is 9.66. The Balaban J connectivity index is 1.55. The fraction of sp³-hybridized carbons (Fsp3) is 0.789. The summed E-state index contributed by atoms with van der Waals surface area (Å²) in [4.78, 5) is 6.92. The Morgan fingerprint density at radius 1 is 1.29 bits per heavy atom. The maximum atomic E-state index is 5.52. The molecule has 5 nitrogen and oxygen atoms in total. The fourth-order valence-electron chi connectivity index (χ4n) is 4.39. The van der Waals surface area contributed by atoms with Crippen molar-refractivity contribution >= 4 is 5.96 Å². The number of guanidine groups is 1. The minimum atomic E-state index is 0.503. The highest BCUT2D eigenvalue weighted by atomic mass is 16.5.